The number of nitrogens with two attached hydrogens (primary N) is 1. The van der Waals surface area contributed by atoms with E-state index >= 15 is 0 Å². The van der Waals surface area contributed by atoms with Gasteiger partial charge in [-0.3, -0.25) is 0 Å². The Bertz CT molecular complexity index is 323. The predicted octanol–water partition coefficient (Wildman–Crippen LogP) is 2.29. The smallest absolute Gasteiger partial charge is 0.00420 e. The molecule has 2 rings (SSSR count). The van der Waals surface area contributed by atoms with Crippen molar-refractivity contribution in [1.29, 1.82) is 0 Å². The fourth-order valence-corrected chi connectivity index (χ4v) is 2.78. The van der Waals surface area contributed by atoms with Crippen molar-refractivity contribution in [3.05, 3.63) is 35.9 Å². The van der Waals surface area contributed by atoms with Gasteiger partial charge in [0.2, 0.25) is 0 Å². The molecular formula is C15H24N2. The van der Waals surface area contributed by atoms with Crippen molar-refractivity contribution in [2.24, 2.45) is 11.7 Å². The zero-order valence-electron chi connectivity index (χ0n) is 10.8. The van der Waals surface area contributed by atoms with E-state index in [1.165, 1.54) is 31.4 Å². The van der Waals surface area contributed by atoms with Gasteiger partial charge in [0.25, 0.3) is 0 Å². The van der Waals surface area contributed by atoms with Crippen LogP contribution in [0.25, 0.3) is 0 Å². The normalized spacial score (nSPS) is 24.4. The highest BCUT2D eigenvalue weighted by molar-refractivity contribution is 5.14. The summed E-state index contributed by atoms with van der Waals surface area (Å²) in [6.07, 6.45) is 4.90. The molecule has 0 radical (unpaired) electrons. The van der Waals surface area contributed by atoms with E-state index in [0.717, 1.165) is 18.9 Å². The van der Waals surface area contributed by atoms with Crippen LogP contribution in [-0.2, 0) is 6.42 Å². The lowest BCUT2D eigenvalue weighted by Crippen LogP contribution is -2.27. The van der Waals surface area contributed by atoms with Crippen molar-refractivity contribution >= 4 is 0 Å². The van der Waals surface area contributed by atoms with Crippen LogP contribution in [0.5, 0.6) is 0 Å². The molecule has 94 valence electrons. The maximum absolute atomic E-state index is 5.95. The van der Waals surface area contributed by atoms with Crippen molar-refractivity contribution in [2.75, 3.05) is 20.1 Å². The summed E-state index contributed by atoms with van der Waals surface area (Å²) in [6.45, 7) is 2.36. The Morgan fingerprint density at radius 3 is 2.65 bits per heavy atom. The molecule has 0 spiro atoms. The van der Waals surface area contributed by atoms with Crippen molar-refractivity contribution in [3.63, 3.8) is 0 Å². The van der Waals surface area contributed by atoms with Crippen LogP contribution in [0.4, 0.5) is 0 Å². The minimum Gasteiger partial charge on any atom is -0.328 e. The second-order valence-electron chi connectivity index (χ2n) is 5.44. The van der Waals surface area contributed by atoms with Crippen LogP contribution in [0.1, 0.15) is 24.8 Å². The third kappa shape index (κ3) is 4.14. The van der Waals surface area contributed by atoms with Crippen LogP contribution in [0, 0.1) is 5.92 Å². The SMILES string of the molecule is CN(CCc1ccccc1)CC1CCC(N)C1. The average Bonchev–Trinajstić information content (AvgIpc) is 2.73. The van der Waals surface area contributed by atoms with Crippen molar-refractivity contribution in [2.45, 2.75) is 31.7 Å². The van der Waals surface area contributed by atoms with Crippen molar-refractivity contribution in [3.8, 4) is 0 Å². The zero-order valence-corrected chi connectivity index (χ0v) is 10.8. The molecule has 0 amide bonds. The van der Waals surface area contributed by atoms with Gasteiger partial charge >= 0.3 is 0 Å². The Balaban J connectivity index is 1.69. The van der Waals surface area contributed by atoms with Gasteiger partial charge in [-0.05, 0) is 44.2 Å². The molecule has 2 unspecified atom stereocenters. The molecule has 0 bridgehead atoms. The third-order valence-corrected chi connectivity index (χ3v) is 3.78. The quantitative estimate of drug-likeness (QED) is 0.844. The second-order valence-corrected chi connectivity index (χ2v) is 5.44. The van der Waals surface area contributed by atoms with Gasteiger partial charge in [-0.15, -0.1) is 0 Å². The van der Waals surface area contributed by atoms with Crippen LogP contribution in [0.3, 0.4) is 0 Å². The Hall–Kier alpha value is -0.860. The lowest BCUT2D eigenvalue weighted by atomic mass is 10.1. The highest BCUT2D eigenvalue weighted by atomic mass is 15.1. The molecule has 0 aliphatic heterocycles. The van der Waals surface area contributed by atoms with E-state index in [2.05, 4.69) is 42.3 Å². The van der Waals surface area contributed by atoms with E-state index in [1.54, 1.807) is 0 Å². The average molecular weight is 232 g/mol. The van der Waals surface area contributed by atoms with E-state index in [0.29, 0.717) is 6.04 Å². The second kappa shape index (κ2) is 6.18. The Morgan fingerprint density at radius 1 is 1.24 bits per heavy atom. The Morgan fingerprint density at radius 2 is 2.00 bits per heavy atom. The molecule has 2 nitrogen and oxygen atoms in total. The molecular weight excluding hydrogens is 208 g/mol. The van der Waals surface area contributed by atoms with Gasteiger partial charge in [-0.2, -0.15) is 0 Å². The molecule has 1 saturated carbocycles. The van der Waals surface area contributed by atoms with E-state index in [-0.39, 0.29) is 0 Å². The number of rotatable bonds is 5. The number of hydrogen-bond donors (Lipinski definition) is 1. The minimum atomic E-state index is 0.461. The highest BCUT2D eigenvalue weighted by Crippen LogP contribution is 2.24. The minimum absolute atomic E-state index is 0.461. The lowest BCUT2D eigenvalue weighted by Gasteiger charge is -2.20. The fourth-order valence-electron chi connectivity index (χ4n) is 2.78. The van der Waals surface area contributed by atoms with Crippen LogP contribution in [0.2, 0.25) is 0 Å². The van der Waals surface area contributed by atoms with Crippen molar-refractivity contribution < 1.29 is 0 Å². The first-order chi connectivity index (χ1) is 8.24. The van der Waals surface area contributed by atoms with E-state index in [9.17, 15) is 0 Å². The van der Waals surface area contributed by atoms with Gasteiger partial charge in [0, 0.05) is 19.1 Å². The van der Waals surface area contributed by atoms with E-state index < -0.39 is 0 Å². The number of benzene rings is 1. The van der Waals surface area contributed by atoms with Gasteiger partial charge in [0.15, 0.2) is 0 Å². The summed E-state index contributed by atoms with van der Waals surface area (Å²) >= 11 is 0. The summed E-state index contributed by atoms with van der Waals surface area (Å²) in [6, 6.07) is 11.2. The van der Waals surface area contributed by atoms with Gasteiger partial charge in [0.05, 0.1) is 0 Å². The topological polar surface area (TPSA) is 29.3 Å². The molecule has 1 aromatic carbocycles. The van der Waals surface area contributed by atoms with Crippen molar-refractivity contribution in [1.82, 2.24) is 4.90 Å². The van der Waals surface area contributed by atoms with Crippen LogP contribution < -0.4 is 5.73 Å². The van der Waals surface area contributed by atoms with E-state index in [4.69, 9.17) is 5.73 Å². The summed E-state index contributed by atoms with van der Waals surface area (Å²) in [5.41, 5.74) is 7.38. The zero-order chi connectivity index (χ0) is 12.1. The first kappa shape index (κ1) is 12.6. The van der Waals surface area contributed by atoms with Gasteiger partial charge in [0.1, 0.15) is 0 Å². The summed E-state index contributed by atoms with van der Waals surface area (Å²) in [7, 11) is 2.23. The van der Waals surface area contributed by atoms with Gasteiger partial charge in [-0.25, -0.2) is 0 Å². The Kier molecular flexibility index (Phi) is 4.57. The number of hydrogen-bond acceptors (Lipinski definition) is 2. The molecule has 17 heavy (non-hydrogen) atoms. The van der Waals surface area contributed by atoms with Gasteiger partial charge < -0.3 is 10.6 Å². The number of nitrogens with zero attached hydrogens (tertiary/aromatic N) is 1. The summed E-state index contributed by atoms with van der Waals surface area (Å²) in [5.74, 6) is 0.825. The fraction of sp³-hybridized carbons (Fsp3) is 0.600. The van der Waals surface area contributed by atoms with Crippen LogP contribution in [-0.4, -0.2) is 31.1 Å². The molecule has 0 aromatic heterocycles. The molecule has 1 aliphatic rings. The largest absolute Gasteiger partial charge is 0.328 e. The standard InChI is InChI=1S/C15H24N2/c1-17(12-14-7-8-15(16)11-14)10-9-13-5-3-2-4-6-13/h2-6,14-15H,7-12,16H2,1H3. The number of likely N-dealkylation sites (N-methyl/N-ethyl adjacent to an activating group) is 1. The van der Waals surface area contributed by atoms with Gasteiger partial charge in [-0.1, -0.05) is 30.3 Å². The summed E-state index contributed by atoms with van der Waals surface area (Å²) < 4.78 is 0. The first-order valence-corrected chi connectivity index (χ1v) is 6.72. The Labute approximate surface area is 105 Å². The van der Waals surface area contributed by atoms with Crippen LogP contribution in [0.15, 0.2) is 30.3 Å². The molecule has 1 fully saturated rings. The maximum atomic E-state index is 5.95. The molecule has 2 atom stereocenters. The molecule has 2 heteroatoms. The molecule has 0 heterocycles. The summed E-state index contributed by atoms with van der Waals surface area (Å²) in [5, 5.41) is 0. The molecule has 1 aromatic rings. The molecule has 0 saturated heterocycles. The third-order valence-electron chi connectivity index (χ3n) is 3.78. The predicted molar refractivity (Wildman–Crippen MR) is 73.0 cm³/mol. The van der Waals surface area contributed by atoms with Crippen LogP contribution >= 0.6 is 0 Å². The lowest BCUT2D eigenvalue weighted by molar-refractivity contribution is 0.280. The monoisotopic (exact) mass is 232 g/mol. The maximum Gasteiger partial charge on any atom is 0.00420 e. The first-order valence-electron chi connectivity index (χ1n) is 6.72. The molecule has 2 N–H and O–H groups in total. The summed E-state index contributed by atoms with van der Waals surface area (Å²) in [4.78, 5) is 2.45. The van der Waals surface area contributed by atoms with E-state index in [1.807, 2.05) is 0 Å². The molecule has 1 aliphatic carbocycles. The highest BCUT2D eigenvalue weighted by Gasteiger charge is 2.22.